The predicted octanol–water partition coefficient (Wildman–Crippen LogP) is 2.77. The van der Waals surface area contributed by atoms with E-state index >= 15 is 0 Å². The number of thioether (sulfide) groups is 1. The molecule has 1 aliphatic carbocycles. The molecule has 0 radical (unpaired) electrons. The van der Waals surface area contributed by atoms with Crippen LogP contribution in [0.25, 0.3) is 10.9 Å². The summed E-state index contributed by atoms with van der Waals surface area (Å²) < 4.78 is 0. The van der Waals surface area contributed by atoms with E-state index in [0.717, 1.165) is 29.7 Å². The van der Waals surface area contributed by atoms with E-state index in [2.05, 4.69) is 33.4 Å². The molecule has 1 spiro atoms. The average Bonchev–Trinajstić information content (AvgIpc) is 3.35. The number of carbonyl (C=O) groups excluding carboxylic acids is 2. The second kappa shape index (κ2) is 8.04. The summed E-state index contributed by atoms with van der Waals surface area (Å²) >= 11 is 1.55. The number of benzene rings is 1. The molecule has 3 fully saturated rings. The minimum absolute atomic E-state index is 0.115. The van der Waals surface area contributed by atoms with E-state index in [9.17, 15) is 14.9 Å². The van der Waals surface area contributed by atoms with E-state index < -0.39 is 6.04 Å². The van der Waals surface area contributed by atoms with Gasteiger partial charge in [-0.2, -0.15) is 5.26 Å². The normalized spacial score (nSPS) is 21.8. The Morgan fingerprint density at radius 1 is 1.29 bits per heavy atom. The quantitative estimate of drug-likeness (QED) is 0.794. The summed E-state index contributed by atoms with van der Waals surface area (Å²) in [5.74, 6) is 0.583. The summed E-state index contributed by atoms with van der Waals surface area (Å²) in [6.45, 7) is 2.01. The van der Waals surface area contributed by atoms with Gasteiger partial charge in [-0.1, -0.05) is 0 Å². The SMILES string of the molecule is N#CC1CSCN1C(=O)CNC(=O)c1ccnc2ccc(N3CCCC4(CC4)C3)cc12. The van der Waals surface area contributed by atoms with E-state index in [-0.39, 0.29) is 18.4 Å². The van der Waals surface area contributed by atoms with Crippen LogP contribution in [-0.2, 0) is 4.79 Å². The number of pyridine rings is 1. The van der Waals surface area contributed by atoms with E-state index in [4.69, 9.17) is 0 Å². The smallest absolute Gasteiger partial charge is 0.252 e. The number of nitrogens with one attached hydrogen (secondary N) is 1. The zero-order valence-corrected chi connectivity index (χ0v) is 18.2. The number of piperidine rings is 1. The van der Waals surface area contributed by atoms with Gasteiger partial charge in [0.15, 0.2) is 0 Å². The van der Waals surface area contributed by atoms with Gasteiger partial charge in [0.1, 0.15) is 6.04 Å². The van der Waals surface area contributed by atoms with Crippen molar-refractivity contribution in [3.05, 3.63) is 36.0 Å². The maximum Gasteiger partial charge on any atom is 0.252 e. The topological polar surface area (TPSA) is 89.3 Å². The Morgan fingerprint density at radius 2 is 2.16 bits per heavy atom. The maximum absolute atomic E-state index is 12.9. The molecule has 31 heavy (non-hydrogen) atoms. The van der Waals surface area contributed by atoms with Crippen LogP contribution in [0.2, 0.25) is 0 Å². The molecule has 160 valence electrons. The molecule has 2 saturated heterocycles. The third-order valence-corrected chi connectivity index (χ3v) is 7.72. The van der Waals surface area contributed by atoms with Crippen LogP contribution in [0.4, 0.5) is 5.69 Å². The van der Waals surface area contributed by atoms with Crippen molar-refractivity contribution in [2.45, 2.75) is 31.7 Å². The number of nitriles is 1. The Labute approximate surface area is 185 Å². The Balaban J connectivity index is 1.33. The lowest BCUT2D eigenvalue weighted by Crippen LogP contribution is -2.42. The number of amides is 2. The highest BCUT2D eigenvalue weighted by Crippen LogP contribution is 2.52. The highest BCUT2D eigenvalue weighted by molar-refractivity contribution is 7.99. The third-order valence-electron chi connectivity index (χ3n) is 6.71. The molecule has 3 aliphatic rings. The lowest BCUT2D eigenvalue weighted by atomic mass is 9.94. The van der Waals surface area contributed by atoms with E-state index in [0.29, 0.717) is 22.6 Å². The number of aromatic nitrogens is 1. The van der Waals surface area contributed by atoms with E-state index in [1.807, 2.05) is 6.07 Å². The highest BCUT2D eigenvalue weighted by Gasteiger charge is 2.45. The fourth-order valence-electron chi connectivity index (χ4n) is 4.69. The largest absolute Gasteiger partial charge is 0.371 e. The van der Waals surface area contributed by atoms with Crippen LogP contribution in [-0.4, -0.2) is 59.0 Å². The van der Waals surface area contributed by atoms with Gasteiger partial charge in [-0.05, 0) is 55.4 Å². The minimum Gasteiger partial charge on any atom is -0.371 e. The molecule has 3 heterocycles. The molecular weight excluding hydrogens is 410 g/mol. The van der Waals surface area contributed by atoms with Crippen molar-refractivity contribution in [2.75, 3.05) is 36.2 Å². The molecule has 5 rings (SSSR count). The second-order valence-electron chi connectivity index (χ2n) is 8.78. The summed E-state index contributed by atoms with van der Waals surface area (Å²) in [4.78, 5) is 33.8. The number of anilines is 1. The van der Waals surface area contributed by atoms with Crippen LogP contribution in [0.15, 0.2) is 30.5 Å². The van der Waals surface area contributed by atoms with Gasteiger partial charge in [0, 0.05) is 36.1 Å². The molecule has 1 unspecified atom stereocenters. The first kappa shape index (κ1) is 20.1. The van der Waals surface area contributed by atoms with Gasteiger partial charge in [0.05, 0.1) is 29.6 Å². The van der Waals surface area contributed by atoms with Gasteiger partial charge in [-0.3, -0.25) is 14.6 Å². The standard InChI is InChI=1S/C23H25N5O2S/c24-11-17-13-31-15-28(17)21(29)12-26-22(30)18-4-8-25-20-3-2-16(10-19(18)20)27-9-1-5-23(14-27)6-7-23/h2-4,8,10,17H,1,5-7,9,12-15H2,(H,26,30). The third kappa shape index (κ3) is 3.94. The molecule has 1 atom stereocenters. The van der Waals surface area contributed by atoms with Gasteiger partial charge < -0.3 is 15.1 Å². The summed E-state index contributed by atoms with van der Waals surface area (Å²) in [7, 11) is 0. The first-order valence-electron chi connectivity index (χ1n) is 10.8. The van der Waals surface area contributed by atoms with Crippen LogP contribution in [0.3, 0.4) is 0 Å². The molecule has 8 heteroatoms. The van der Waals surface area contributed by atoms with Gasteiger partial charge in [-0.15, -0.1) is 11.8 Å². The van der Waals surface area contributed by atoms with Crippen molar-refractivity contribution >= 4 is 40.2 Å². The van der Waals surface area contributed by atoms with Crippen LogP contribution in [0, 0.1) is 16.7 Å². The summed E-state index contributed by atoms with van der Waals surface area (Å²) in [6.07, 6.45) is 6.80. The fraction of sp³-hybridized carbons (Fsp3) is 0.478. The monoisotopic (exact) mass is 435 g/mol. The van der Waals surface area contributed by atoms with Crippen molar-refractivity contribution in [3.63, 3.8) is 0 Å². The number of rotatable bonds is 4. The number of hydrogen-bond donors (Lipinski definition) is 1. The Morgan fingerprint density at radius 3 is 2.97 bits per heavy atom. The van der Waals surface area contributed by atoms with Crippen molar-refractivity contribution in [3.8, 4) is 6.07 Å². The van der Waals surface area contributed by atoms with Crippen LogP contribution < -0.4 is 10.2 Å². The van der Waals surface area contributed by atoms with Crippen molar-refractivity contribution in [1.82, 2.24) is 15.2 Å². The van der Waals surface area contributed by atoms with E-state index in [1.54, 1.807) is 24.0 Å². The number of fused-ring (bicyclic) bond motifs is 1. The van der Waals surface area contributed by atoms with Crippen LogP contribution in [0.5, 0.6) is 0 Å². The molecule has 1 aromatic carbocycles. The second-order valence-corrected chi connectivity index (χ2v) is 9.78. The maximum atomic E-state index is 12.9. The lowest BCUT2D eigenvalue weighted by Gasteiger charge is -2.35. The van der Waals surface area contributed by atoms with Crippen molar-refractivity contribution in [2.24, 2.45) is 5.41 Å². The molecule has 0 bridgehead atoms. The highest BCUT2D eigenvalue weighted by atomic mass is 32.2. The Bertz CT molecular complexity index is 1080. The lowest BCUT2D eigenvalue weighted by molar-refractivity contribution is -0.129. The van der Waals surface area contributed by atoms with Crippen molar-refractivity contribution < 1.29 is 9.59 Å². The molecule has 7 nitrogen and oxygen atoms in total. The van der Waals surface area contributed by atoms with E-state index in [1.165, 1.54) is 30.6 Å². The summed E-state index contributed by atoms with van der Waals surface area (Å²) in [5.41, 5.74) is 2.92. The van der Waals surface area contributed by atoms with Gasteiger partial charge in [0.2, 0.25) is 5.91 Å². The molecular formula is C23H25N5O2S. The summed E-state index contributed by atoms with van der Waals surface area (Å²) in [5, 5.41) is 12.7. The molecule has 2 amide bonds. The first-order chi connectivity index (χ1) is 15.1. The zero-order valence-electron chi connectivity index (χ0n) is 17.3. The number of carbonyl (C=O) groups is 2. The van der Waals surface area contributed by atoms with Gasteiger partial charge >= 0.3 is 0 Å². The van der Waals surface area contributed by atoms with Crippen molar-refractivity contribution in [1.29, 1.82) is 5.26 Å². The average molecular weight is 436 g/mol. The minimum atomic E-state index is -0.419. The fourth-order valence-corrected chi connectivity index (χ4v) is 5.79. The van der Waals surface area contributed by atoms with Gasteiger partial charge in [-0.25, -0.2) is 0 Å². The number of nitrogens with zero attached hydrogens (tertiary/aromatic N) is 4. The van der Waals surface area contributed by atoms with Crippen LogP contribution >= 0.6 is 11.8 Å². The Kier molecular flexibility index (Phi) is 5.22. The zero-order chi connectivity index (χ0) is 21.4. The Hall–Kier alpha value is -2.79. The molecule has 1 saturated carbocycles. The molecule has 2 aromatic rings. The number of hydrogen-bond acceptors (Lipinski definition) is 6. The van der Waals surface area contributed by atoms with Crippen LogP contribution in [0.1, 0.15) is 36.0 Å². The molecule has 1 N–H and O–H groups in total. The molecule has 1 aromatic heterocycles. The first-order valence-corrected chi connectivity index (χ1v) is 11.9. The molecule has 2 aliphatic heterocycles. The van der Waals surface area contributed by atoms with Gasteiger partial charge in [0.25, 0.3) is 5.91 Å². The predicted molar refractivity (Wildman–Crippen MR) is 121 cm³/mol. The summed E-state index contributed by atoms with van der Waals surface area (Å²) in [6, 6.07) is 9.55.